The molecule has 1 aromatic heterocycles. The molecule has 20 heavy (non-hydrogen) atoms. The van der Waals surface area contributed by atoms with E-state index in [-0.39, 0.29) is 11.5 Å². The van der Waals surface area contributed by atoms with Gasteiger partial charge < -0.3 is 10.0 Å². The summed E-state index contributed by atoms with van der Waals surface area (Å²) in [6.07, 6.45) is 1.40. The summed E-state index contributed by atoms with van der Waals surface area (Å²) >= 11 is 0. The van der Waals surface area contributed by atoms with E-state index in [2.05, 4.69) is 16.0 Å². The van der Waals surface area contributed by atoms with E-state index < -0.39 is 5.97 Å². The first-order valence-corrected chi connectivity index (χ1v) is 6.11. The number of benzene rings is 1. The van der Waals surface area contributed by atoms with Gasteiger partial charge in [-0.2, -0.15) is 5.26 Å². The van der Waals surface area contributed by atoms with Gasteiger partial charge in [0.25, 0.3) is 0 Å². The molecule has 102 valence electrons. The first-order chi connectivity index (χ1) is 9.52. The highest BCUT2D eigenvalue weighted by Gasteiger charge is 2.13. The zero-order chi connectivity index (χ0) is 14.7. The van der Waals surface area contributed by atoms with Crippen LogP contribution >= 0.6 is 0 Å². The molecule has 0 saturated carbocycles. The molecule has 6 heteroatoms. The molecule has 0 radical (unpaired) electrons. The Morgan fingerprint density at radius 2 is 2.25 bits per heavy atom. The molecule has 0 amide bonds. The molecule has 0 fully saturated rings. The first kappa shape index (κ1) is 13.7. The van der Waals surface area contributed by atoms with Gasteiger partial charge in [0.05, 0.1) is 23.1 Å². The second kappa shape index (κ2) is 5.53. The summed E-state index contributed by atoms with van der Waals surface area (Å²) in [5, 5.41) is 18.6. The maximum absolute atomic E-state index is 11.0. The Kier molecular flexibility index (Phi) is 3.80. The van der Waals surface area contributed by atoms with Crippen molar-refractivity contribution >= 4 is 22.7 Å². The second-order valence-electron chi connectivity index (χ2n) is 4.65. The van der Waals surface area contributed by atoms with E-state index in [9.17, 15) is 4.79 Å². The number of anilines is 1. The lowest BCUT2D eigenvalue weighted by atomic mass is 10.1. The molecule has 1 aromatic carbocycles. The van der Waals surface area contributed by atoms with E-state index in [0.717, 1.165) is 5.39 Å². The minimum atomic E-state index is -0.987. The van der Waals surface area contributed by atoms with Crippen molar-refractivity contribution in [3.63, 3.8) is 0 Å². The highest BCUT2D eigenvalue weighted by Crippen LogP contribution is 2.23. The fourth-order valence-corrected chi connectivity index (χ4v) is 2.02. The average molecular weight is 270 g/mol. The van der Waals surface area contributed by atoms with Crippen LogP contribution < -0.4 is 4.90 Å². The van der Waals surface area contributed by atoms with E-state index in [1.54, 1.807) is 6.07 Å². The Hall–Kier alpha value is -2.68. The Bertz CT molecular complexity index is 693. The molecular weight excluding hydrogens is 256 g/mol. The third kappa shape index (κ3) is 2.67. The van der Waals surface area contributed by atoms with Crippen molar-refractivity contribution in [2.45, 2.75) is 6.92 Å². The zero-order valence-corrected chi connectivity index (χ0v) is 11.2. The summed E-state index contributed by atoms with van der Waals surface area (Å²) in [4.78, 5) is 21.2. The average Bonchev–Trinajstić information content (AvgIpc) is 2.45. The number of carboxylic acid groups (broad SMARTS) is 1. The van der Waals surface area contributed by atoms with Crippen molar-refractivity contribution in [3.8, 4) is 6.07 Å². The second-order valence-corrected chi connectivity index (χ2v) is 4.65. The van der Waals surface area contributed by atoms with Crippen LogP contribution in [0.15, 0.2) is 24.5 Å². The Morgan fingerprint density at radius 1 is 1.50 bits per heavy atom. The predicted octanol–water partition coefficient (Wildman–Crippen LogP) is 1.92. The minimum Gasteiger partial charge on any atom is -0.478 e. The van der Waals surface area contributed by atoms with Crippen molar-refractivity contribution in [2.24, 2.45) is 5.92 Å². The van der Waals surface area contributed by atoms with Crippen molar-refractivity contribution in [3.05, 3.63) is 30.1 Å². The van der Waals surface area contributed by atoms with Crippen LogP contribution in [-0.4, -0.2) is 34.6 Å². The topological polar surface area (TPSA) is 90.1 Å². The van der Waals surface area contributed by atoms with Crippen molar-refractivity contribution < 1.29 is 9.90 Å². The molecule has 0 spiro atoms. The molecular formula is C14H14N4O2. The highest BCUT2D eigenvalue weighted by atomic mass is 16.4. The molecule has 0 aliphatic rings. The molecule has 1 atom stereocenters. The Morgan fingerprint density at radius 3 is 2.90 bits per heavy atom. The van der Waals surface area contributed by atoms with Crippen LogP contribution in [0.4, 0.5) is 5.82 Å². The lowest BCUT2D eigenvalue weighted by Crippen LogP contribution is -2.24. The molecule has 6 nitrogen and oxygen atoms in total. The van der Waals surface area contributed by atoms with E-state index in [4.69, 9.17) is 10.4 Å². The fraction of sp³-hybridized carbons (Fsp3) is 0.286. The molecule has 0 aliphatic carbocycles. The Labute approximate surface area is 116 Å². The number of aromatic nitrogens is 2. The van der Waals surface area contributed by atoms with E-state index in [1.165, 1.54) is 18.5 Å². The number of rotatable bonds is 4. The van der Waals surface area contributed by atoms with Crippen LogP contribution in [0.5, 0.6) is 0 Å². The van der Waals surface area contributed by atoms with Gasteiger partial charge in [-0.3, -0.25) is 0 Å². The van der Waals surface area contributed by atoms with Crippen LogP contribution in [0, 0.1) is 17.2 Å². The molecule has 0 aliphatic heterocycles. The number of nitrogens with zero attached hydrogens (tertiary/aromatic N) is 4. The number of carboxylic acids is 1. The van der Waals surface area contributed by atoms with Gasteiger partial charge in [-0.1, -0.05) is 0 Å². The van der Waals surface area contributed by atoms with E-state index in [1.807, 2.05) is 18.9 Å². The van der Waals surface area contributed by atoms with Crippen molar-refractivity contribution in [1.82, 2.24) is 9.97 Å². The summed E-state index contributed by atoms with van der Waals surface area (Å²) < 4.78 is 0. The van der Waals surface area contributed by atoms with Crippen LogP contribution in [0.25, 0.3) is 10.9 Å². The van der Waals surface area contributed by atoms with Crippen LogP contribution in [0.2, 0.25) is 0 Å². The smallest absolute Gasteiger partial charge is 0.335 e. The third-order valence-electron chi connectivity index (χ3n) is 2.99. The van der Waals surface area contributed by atoms with Crippen LogP contribution in [0.3, 0.4) is 0 Å². The largest absolute Gasteiger partial charge is 0.478 e. The number of nitriles is 1. The molecule has 2 rings (SSSR count). The van der Waals surface area contributed by atoms with Gasteiger partial charge in [0, 0.05) is 19.0 Å². The van der Waals surface area contributed by atoms with E-state index in [0.29, 0.717) is 17.9 Å². The van der Waals surface area contributed by atoms with Gasteiger partial charge >= 0.3 is 5.97 Å². The first-order valence-electron chi connectivity index (χ1n) is 6.11. The predicted molar refractivity (Wildman–Crippen MR) is 74.5 cm³/mol. The SMILES string of the molecule is CC(C#N)CN(C)c1ncnc2cc(C(=O)O)ccc12. The lowest BCUT2D eigenvalue weighted by Gasteiger charge is -2.20. The quantitative estimate of drug-likeness (QED) is 0.912. The number of aromatic carboxylic acids is 1. The number of carbonyl (C=O) groups is 1. The van der Waals surface area contributed by atoms with Crippen LogP contribution in [0.1, 0.15) is 17.3 Å². The number of fused-ring (bicyclic) bond motifs is 1. The molecule has 1 unspecified atom stereocenters. The normalized spacial score (nSPS) is 11.8. The van der Waals surface area contributed by atoms with Gasteiger partial charge in [0.15, 0.2) is 0 Å². The maximum Gasteiger partial charge on any atom is 0.335 e. The summed E-state index contributed by atoms with van der Waals surface area (Å²) in [6.45, 7) is 2.38. The van der Waals surface area contributed by atoms with Gasteiger partial charge in [-0.25, -0.2) is 14.8 Å². The molecule has 0 saturated heterocycles. The van der Waals surface area contributed by atoms with E-state index >= 15 is 0 Å². The van der Waals surface area contributed by atoms with Gasteiger partial charge in [-0.05, 0) is 25.1 Å². The van der Waals surface area contributed by atoms with Gasteiger partial charge in [0.2, 0.25) is 0 Å². The van der Waals surface area contributed by atoms with Gasteiger partial charge in [0.1, 0.15) is 12.1 Å². The highest BCUT2D eigenvalue weighted by molar-refractivity contribution is 5.96. The van der Waals surface area contributed by atoms with Crippen LogP contribution in [-0.2, 0) is 0 Å². The molecule has 0 bridgehead atoms. The molecule has 1 heterocycles. The molecule has 1 N–H and O–H groups in total. The summed E-state index contributed by atoms with van der Waals surface area (Å²) in [6, 6.07) is 6.92. The Balaban J connectivity index is 2.45. The fourth-order valence-electron chi connectivity index (χ4n) is 2.02. The number of hydrogen-bond acceptors (Lipinski definition) is 5. The summed E-state index contributed by atoms with van der Waals surface area (Å²) in [5.74, 6) is -0.420. The standard InChI is InChI=1S/C14H14N4O2/c1-9(6-15)7-18(2)13-11-4-3-10(14(19)20)5-12(11)16-8-17-13/h3-5,8-9H,7H2,1-2H3,(H,19,20). The number of hydrogen-bond donors (Lipinski definition) is 1. The summed E-state index contributed by atoms with van der Waals surface area (Å²) in [7, 11) is 1.85. The van der Waals surface area contributed by atoms with Crippen molar-refractivity contribution in [2.75, 3.05) is 18.5 Å². The third-order valence-corrected chi connectivity index (χ3v) is 2.99. The van der Waals surface area contributed by atoms with Gasteiger partial charge in [-0.15, -0.1) is 0 Å². The zero-order valence-electron chi connectivity index (χ0n) is 11.2. The monoisotopic (exact) mass is 270 g/mol. The van der Waals surface area contributed by atoms with Crippen molar-refractivity contribution in [1.29, 1.82) is 5.26 Å². The summed E-state index contributed by atoms with van der Waals surface area (Å²) in [5.41, 5.74) is 0.765. The lowest BCUT2D eigenvalue weighted by molar-refractivity contribution is 0.0697. The molecule has 2 aromatic rings. The minimum absolute atomic E-state index is 0.122. The maximum atomic E-state index is 11.0.